The molecule has 2 aromatic heterocycles. The second-order valence-corrected chi connectivity index (χ2v) is 8.47. The van der Waals surface area contributed by atoms with Crippen LogP contribution in [0, 0.1) is 18.6 Å². The molecule has 178 valence electrons. The van der Waals surface area contributed by atoms with Crippen molar-refractivity contribution >= 4 is 17.4 Å². The number of rotatable bonds is 6. The Morgan fingerprint density at radius 2 is 1.97 bits per heavy atom. The van der Waals surface area contributed by atoms with E-state index in [0.29, 0.717) is 43.0 Å². The summed E-state index contributed by atoms with van der Waals surface area (Å²) >= 11 is 0. The summed E-state index contributed by atoms with van der Waals surface area (Å²) in [5.74, 6) is -0.454. The number of ether oxygens (including phenoxy) is 1. The van der Waals surface area contributed by atoms with Gasteiger partial charge in [0.1, 0.15) is 17.6 Å². The molecule has 1 amide bonds. The van der Waals surface area contributed by atoms with Crippen LogP contribution in [0.4, 0.5) is 20.3 Å². The fourth-order valence-electron chi connectivity index (χ4n) is 4.44. The largest absolute Gasteiger partial charge is 0.491 e. The molecule has 0 aliphatic carbocycles. The van der Waals surface area contributed by atoms with Crippen LogP contribution in [0.15, 0.2) is 24.5 Å². The maximum atomic E-state index is 14.0. The maximum absolute atomic E-state index is 14.0. The van der Waals surface area contributed by atoms with Gasteiger partial charge in [-0.05, 0) is 36.6 Å². The predicted molar refractivity (Wildman–Crippen MR) is 121 cm³/mol. The number of anilines is 2. The molecule has 1 saturated heterocycles. The molecule has 0 bridgehead atoms. The first-order valence-corrected chi connectivity index (χ1v) is 11.1. The number of halogens is 2. The van der Waals surface area contributed by atoms with Crippen molar-refractivity contribution in [2.45, 2.75) is 32.4 Å². The fourth-order valence-corrected chi connectivity index (χ4v) is 4.44. The van der Waals surface area contributed by atoms with E-state index in [1.165, 1.54) is 19.2 Å². The number of fused-ring (bicyclic) bond motifs is 3. The molecule has 1 aromatic carbocycles. The Balaban J connectivity index is 1.29. The van der Waals surface area contributed by atoms with E-state index >= 15 is 0 Å². The van der Waals surface area contributed by atoms with Crippen LogP contribution >= 0.6 is 0 Å². The molecule has 5 rings (SSSR count). The van der Waals surface area contributed by atoms with E-state index in [2.05, 4.69) is 20.7 Å². The molecule has 1 atom stereocenters. The summed E-state index contributed by atoms with van der Waals surface area (Å²) in [5.41, 5.74) is 2.83. The molecule has 1 fully saturated rings. The number of carbonyl (C=O) groups is 1. The van der Waals surface area contributed by atoms with Crippen molar-refractivity contribution in [2.75, 3.05) is 37.0 Å². The highest BCUT2D eigenvalue weighted by molar-refractivity contribution is 6.03. The molecule has 11 heteroatoms. The van der Waals surface area contributed by atoms with Gasteiger partial charge in [0.05, 0.1) is 25.5 Å². The number of nitrogens with zero attached hydrogens (tertiary/aromatic N) is 5. The van der Waals surface area contributed by atoms with Crippen LogP contribution in [0.1, 0.15) is 22.6 Å². The lowest BCUT2D eigenvalue weighted by Gasteiger charge is -2.40. The normalized spacial score (nSPS) is 17.2. The minimum absolute atomic E-state index is 0.0387. The second kappa shape index (κ2) is 8.98. The minimum Gasteiger partial charge on any atom is -0.491 e. The van der Waals surface area contributed by atoms with Crippen molar-refractivity contribution in [2.24, 2.45) is 0 Å². The highest BCUT2D eigenvalue weighted by Gasteiger charge is 2.36. The third kappa shape index (κ3) is 4.18. The standard InChI is InChI=1S/C23H25F2N7O2/c1-13-20-22(32-6-5-26-10-18(32)23(33)30-20)29-19(28-13)4-3-14-9-27-31(11-14)12-15-7-16(24)21(34-2)17(25)8-15/h7-9,11,18,26H,3-6,10,12H2,1-2H3,(H,30,33)/t18-/m0/s1. The number of piperazine rings is 1. The van der Waals surface area contributed by atoms with Gasteiger partial charge in [0.15, 0.2) is 23.2 Å². The van der Waals surface area contributed by atoms with E-state index in [0.717, 1.165) is 23.6 Å². The molecule has 0 saturated carbocycles. The fraction of sp³-hybridized carbons (Fsp3) is 0.391. The SMILES string of the molecule is COc1c(F)cc(Cn2cc(CCc3nc(C)c4c(n3)N3CCNC[C@H]3C(=O)N4)cn2)cc1F. The number of benzene rings is 1. The molecule has 2 aliphatic heterocycles. The third-order valence-electron chi connectivity index (χ3n) is 6.11. The summed E-state index contributed by atoms with van der Waals surface area (Å²) in [6.07, 6.45) is 4.82. The Labute approximate surface area is 195 Å². The van der Waals surface area contributed by atoms with Crippen molar-refractivity contribution in [3.8, 4) is 5.75 Å². The van der Waals surface area contributed by atoms with Crippen molar-refractivity contribution in [1.82, 2.24) is 25.1 Å². The van der Waals surface area contributed by atoms with Crippen LogP contribution in [0.2, 0.25) is 0 Å². The van der Waals surface area contributed by atoms with Crippen LogP contribution in [0.25, 0.3) is 0 Å². The van der Waals surface area contributed by atoms with Gasteiger partial charge < -0.3 is 20.3 Å². The number of aromatic nitrogens is 4. The predicted octanol–water partition coefficient (Wildman–Crippen LogP) is 1.83. The summed E-state index contributed by atoms with van der Waals surface area (Å²) < 4.78 is 34.3. The van der Waals surface area contributed by atoms with E-state index in [4.69, 9.17) is 9.72 Å². The Morgan fingerprint density at radius 1 is 1.18 bits per heavy atom. The summed E-state index contributed by atoms with van der Waals surface area (Å²) in [5, 5.41) is 10.5. The van der Waals surface area contributed by atoms with Crippen molar-refractivity contribution in [3.05, 3.63) is 58.8 Å². The van der Waals surface area contributed by atoms with E-state index in [1.807, 2.05) is 18.0 Å². The van der Waals surface area contributed by atoms with E-state index in [9.17, 15) is 13.6 Å². The molecular weight excluding hydrogens is 444 g/mol. The van der Waals surface area contributed by atoms with Crippen LogP contribution in [-0.4, -0.2) is 58.4 Å². The highest BCUT2D eigenvalue weighted by atomic mass is 19.1. The molecule has 2 aliphatic rings. The molecular formula is C23H25F2N7O2. The molecule has 0 unspecified atom stereocenters. The Bertz CT molecular complexity index is 1220. The summed E-state index contributed by atoms with van der Waals surface area (Å²) in [7, 11) is 1.23. The topological polar surface area (TPSA) is 97.2 Å². The number of hydrogen-bond acceptors (Lipinski definition) is 7. The first kappa shape index (κ1) is 22.2. The number of carbonyl (C=O) groups excluding carboxylic acids is 1. The zero-order valence-corrected chi connectivity index (χ0v) is 18.9. The lowest BCUT2D eigenvalue weighted by molar-refractivity contribution is -0.117. The maximum Gasteiger partial charge on any atom is 0.248 e. The first-order valence-electron chi connectivity index (χ1n) is 11.1. The van der Waals surface area contributed by atoms with Crippen LogP contribution in [-0.2, 0) is 24.2 Å². The van der Waals surface area contributed by atoms with E-state index < -0.39 is 17.4 Å². The smallest absolute Gasteiger partial charge is 0.248 e. The van der Waals surface area contributed by atoms with Crippen LogP contribution in [0.3, 0.4) is 0 Å². The number of nitrogens with one attached hydrogen (secondary N) is 2. The lowest BCUT2D eigenvalue weighted by Crippen LogP contribution is -2.59. The molecule has 4 heterocycles. The number of aryl methyl sites for hydroxylation is 3. The van der Waals surface area contributed by atoms with Gasteiger partial charge in [-0.15, -0.1) is 0 Å². The molecule has 0 spiro atoms. The highest BCUT2D eigenvalue weighted by Crippen LogP contribution is 2.33. The monoisotopic (exact) mass is 469 g/mol. The number of methoxy groups -OCH3 is 1. The molecule has 2 N–H and O–H groups in total. The summed E-state index contributed by atoms with van der Waals surface area (Å²) in [4.78, 5) is 23.8. The van der Waals surface area contributed by atoms with Gasteiger partial charge in [-0.2, -0.15) is 5.10 Å². The molecule has 9 nitrogen and oxygen atoms in total. The molecule has 34 heavy (non-hydrogen) atoms. The van der Waals surface area contributed by atoms with Crippen molar-refractivity contribution < 1.29 is 18.3 Å². The van der Waals surface area contributed by atoms with Gasteiger partial charge in [0.25, 0.3) is 0 Å². The van der Waals surface area contributed by atoms with E-state index in [-0.39, 0.29) is 18.5 Å². The van der Waals surface area contributed by atoms with Crippen LogP contribution < -0.4 is 20.3 Å². The number of amides is 1. The van der Waals surface area contributed by atoms with Gasteiger partial charge in [-0.3, -0.25) is 9.48 Å². The molecule has 0 radical (unpaired) electrons. The average molecular weight is 469 g/mol. The zero-order valence-electron chi connectivity index (χ0n) is 18.9. The van der Waals surface area contributed by atoms with Crippen molar-refractivity contribution in [1.29, 1.82) is 0 Å². The van der Waals surface area contributed by atoms with E-state index in [1.54, 1.807) is 10.9 Å². The first-order chi connectivity index (χ1) is 16.4. The Morgan fingerprint density at radius 3 is 2.74 bits per heavy atom. The Kier molecular flexibility index (Phi) is 5.86. The average Bonchev–Trinajstić information content (AvgIpc) is 3.26. The number of hydrogen-bond donors (Lipinski definition) is 2. The van der Waals surface area contributed by atoms with Gasteiger partial charge in [-0.1, -0.05) is 0 Å². The van der Waals surface area contributed by atoms with Crippen LogP contribution in [0.5, 0.6) is 5.75 Å². The summed E-state index contributed by atoms with van der Waals surface area (Å²) in [6, 6.07) is 2.22. The Hall–Kier alpha value is -3.60. The third-order valence-corrected chi connectivity index (χ3v) is 6.11. The summed E-state index contributed by atoms with van der Waals surface area (Å²) in [6.45, 7) is 4.20. The molecule has 3 aromatic rings. The van der Waals surface area contributed by atoms with Gasteiger partial charge in [-0.25, -0.2) is 18.7 Å². The van der Waals surface area contributed by atoms with Gasteiger partial charge >= 0.3 is 0 Å². The van der Waals surface area contributed by atoms with Gasteiger partial charge in [0.2, 0.25) is 5.91 Å². The van der Waals surface area contributed by atoms with Crippen molar-refractivity contribution in [3.63, 3.8) is 0 Å². The quantitative estimate of drug-likeness (QED) is 0.569. The second-order valence-electron chi connectivity index (χ2n) is 8.47. The van der Waals surface area contributed by atoms with Gasteiger partial charge in [0, 0.05) is 32.3 Å². The minimum atomic E-state index is -0.743. The lowest BCUT2D eigenvalue weighted by atomic mass is 10.1. The zero-order chi connectivity index (χ0) is 23.8.